The van der Waals surface area contributed by atoms with E-state index in [1.165, 1.54) is 0 Å². The summed E-state index contributed by atoms with van der Waals surface area (Å²) in [6, 6.07) is 6.98. The van der Waals surface area contributed by atoms with Crippen LogP contribution in [0.4, 0.5) is 0 Å². The van der Waals surface area contributed by atoms with Crippen molar-refractivity contribution in [2.24, 2.45) is 4.99 Å². The maximum atomic E-state index is 12.5. The van der Waals surface area contributed by atoms with E-state index in [1.54, 1.807) is 22.5 Å². The lowest BCUT2D eigenvalue weighted by Crippen LogP contribution is -2.37. The van der Waals surface area contributed by atoms with Crippen molar-refractivity contribution in [3.8, 4) is 0 Å². The molecule has 1 saturated heterocycles. The maximum Gasteiger partial charge on any atom is 0.243 e. The molecule has 1 heterocycles. The van der Waals surface area contributed by atoms with E-state index in [0.29, 0.717) is 37.0 Å². The van der Waals surface area contributed by atoms with Gasteiger partial charge >= 0.3 is 0 Å². The number of guanidine groups is 1. The van der Waals surface area contributed by atoms with Crippen molar-refractivity contribution in [1.82, 2.24) is 14.9 Å². The summed E-state index contributed by atoms with van der Waals surface area (Å²) in [7, 11) is -3.35. The monoisotopic (exact) mass is 478 g/mol. The van der Waals surface area contributed by atoms with Gasteiger partial charge in [-0.3, -0.25) is 0 Å². The van der Waals surface area contributed by atoms with E-state index in [0.717, 1.165) is 24.9 Å². The molecule has 2 rings (SSSR count). The van der Waals surface area contributed by atoms with Gasteiger partial charge in [0, 0.05) is 26.2 Å². The molecule has 8 heteroatoms. The highest BCUT2D eigenvalue weighted by Gasteiger charge is 2.26. The Morgan fingerprint density at radius 2 is 1.88 bits per heavy atom. The van der Waals surface area contributed by atoms with Crippen LogP contribution in [0.2, 0.25) is 0 Å². The van der Waals surface area contributed by atoms with Gasteiger partial charge < -0.3 is 10.6 Å². The Kier molecular flexibility index (Phi) is 9.44. The Morgan fingerprint density at radius 3 is 2.44 bits per heavy atom. The van der Waals surface area contributed by atoms with Crippen LogP contribution in [0.1, 0.15) is 25.3 Å². The van der Waals surface area contributed by atoms with Crippen molar-refractivity contribution in [3.63, 3.8) is 0 Å². The molecule has 1 aliphatic rings. The number of nitrogens with one attached hydrogen (secondary N) is 2. The Bertz CT molecular complexity index is 668. The molecule has 140 valence electrons. The molecule has 6 nitrogen and oxygen atoms in total. The second kappa shape index (κ2) is 10.8. The summed E-state index contributed by atoms with van der Waals surface area (Å²) in [5, 5.41) is 6.28. The summed E-state index contributed by atoms with van der Waals surface area (Å²) in [4.78, 5) is 4.83. The second-order valence-corrected chi connectivity index (χ2v) is 7.56. The number of hydrogen-bond acceptors (Lipinski definition) is 3. The summed E-state index contributed by atoms with van der Waals surface area (Å²) in [6.45, 7) is 8.81. The quantitative estimate of drug-likeness (QED) is 0.273. The minimum absolute atomic E-state index is 0. The Hall–Kier alpha value is -1.13. The molecule has 0 amide bonds. The third-order valence-corrected chi connectivity index (χ3v) is 5.72. The summed E-state index contributed by atoms with van der Waals surface area (Å²) in [5.41, 5.74) is 0.964. The largest absolute Gasteiger partial charge is 0.357 e. The van der Waals surface area contributed by atoms with Gasteiger partial charge in [-0.15, -0.1) is 30.6 Å². The summed E-state index contributed by atoms with van der Waals surface area (Å²) >= 11 is 0. The zero-order valence-electron chi connectivity index (χ0n) is 14.6. The minimum atomic E-state index is -3.35. The molecule has 0 aliphatic carbocycles. The van der Waals surface area contributed by atoms with Crippen LogP contribution in [0.25, 0.3) is 0 Å². The first-order chi connectivity index (χ1) is 11.6. The molecular formula is C17H27IN4O2S. The van der Waals surface area contributed by atoms with Crippen molar-refractivity contribution >= 4 is 40.0 Å². The second-order valence-electron chi connectivity index (χ2n) is 5.62. The molecular weight excluding hydrogens is 451 g/mol. The zero-order valence-corrected chi connectivity index (χ0v) is 17.7. The van der Waals surface area contributed by atoms with E-state index in [2.05, 4.69) is 22.2 Å². The van der Waals surface area contributed by atoms with Crippen LogP contribution >= 0.6 is 24.0 Å². The van der Waals surface area contributed by atoms with Crippen LogP contribution in [0.5, 0.6) is 0 Å². The van der Waals surface area contributed by atoms with Gasteiger partial charge in [-0.05, 0) is 37.5 Å². The predicted octanol–water partition coefficient (Wildman–Crippen LogP) is 2.33. The molecule has 0 radical (unpaired) electrons. The van der Waals surface area contributed by atoms with E-state index < -0.39 is 10.0 Å². The summed E-state index contributed by atoms with van der Waals surface area (Å²) < 4.78 is 26.5. The molecule has 1 aromatic carbocycles. The fourth-order valence-electron chi connectivity index (χ4n) is 2.53. The highest BCUT2D eigenvalue weighted by atomic mass is 127. The van der Waals surface area contributed by atoms with E-state index in [4.69, 9.17) is 0 Å². The van der Waals surface area contributed by atoms with Gasteiger partial charge in [0.25, 0.3) is 0 Å². The van der Waals surface area contributed by atoms with Gasteiger partial charge in [0.05, 0.1) is 11.4 Å². The number of nitrogens with zero attached hydrogens (tertiary/aromatic N) is 2. The van der Waals surface area contributed by atoms with E-state index in [9.17, 15) is 8.42 Å². The van der Waals surface area contributed by atoms with Gasteiger partial charge in [0.1, 0.15) is 0 Å². The van der Waals surface area contributed by atoms with Gasteiger partial charge in [-0.2, -0.15) is 4.31 Å². The average Bonchev–Trinajstić information content (AvgIpc) is 3.13. The van der Waals surface area contributed by atoms with Gasteiger partial charge in [-0.1, -0.05) is 18.2 Å². The molecule has 1 aromatic rings. The molecule has 0 bridgehead atoms. The SMILES string of the molecule is C=CCNC(=NCc1ccc(S(=O)(=O)N2CCCC2)cc1)NCC.I. The minimum Gasteiger partial charge on any atom is -0.357 e. The van der Waals surface area contributed by atoms with Crippen molar-refractivity contribution < 1.29 is 8.42 Å². The standard InChI is InChI=1S/C17H26N4O2S.HI/c1-3-11-19-17(18-4-2)20-14-15-7-9-16(10-8-15)24(22,23)21-12-5-6-13-21;/h3,7-10H,1,4-6,11-14H2,2H3,(H2,18,19,20);1H. The first-order valence-corrected chi connectivity index (χ1v) is 9.74. The number of benzene rings is 1. The third-order valence-electron chi connectivity index (χ3n) is 3.80. The smallest absolute Gasteiger partial charge is 0.243 e. The van der Waals surface area contributed by atoms with Crippen molar-refractivity contribution in [3.05, 3.63) is 42.5 Å². The Labute approximate surface area is 167 Å². The normalized spacial score (nSPS) is 15.5. The molecule has 1 aliphatic heterocycles. The lowest BCUT2D eigenvalue weighted by Gasteiger charge is -2.15. The summed E-state index contributed by atoms with van der Waals surface area (Å²) in [5.74, 6) is 0.714. The van der Waals surface area contributed by atoms with Crippen LogP contribution < -0.4 is 10.6 Å². The van der Waals surface area contributed by atoms with Crippen LogP contribution in [0, 0.1) is 0 Å². The third kappa shape index (κ3) is 6.27. The predicted molar refractivity (Wildman–Crippen MR) is 113 cm³/mol. The molecule has 25 heavy (non-hydrogen) atoms. The highest BCUT2D eigenvalue weighted by molar-refractivity contribution is 14.0. The number of rotatable bonds is 7. The van der Waals surface area contributed by atoms with E-state index >= 15 is 0 Å². The molecule has 0 spiro atoms. The lowest BCUT2D eigenvalue weighted by molar-refractivity contribution is 0.477. The highest BCUT2D eigenvalue weighted by Crippen LogP contribution is 2.21. The molecule has 2 N–H and O–H groups in total. The van der Waals surface area contributed by atoms with E-state index in [-0.39, 0.29) is 24.0 Å². The van der Waals surface area contributed by atoms with Gasteiger partial charge in [0.15, 0.2) is 5.96 Å². The van der Waals surface area contributed by atoms with Crippen LogP contribution in [0.3, 0.4) is 0 Å². The molecule has 1 fully saturated rings. The first-order valence-electron chi connectivity index (χ1n) is 8.30. The molecule has 0 aromatic heterocycles. The number of sulfonamides is 1. The van der Waals surface area contributed by atoms with E-state index in [1.807, 2.05) is 19.1 Å². The molecule has 0 saturated carbocycles. The van der Waals surface area contributed by atoms with Crippen LogP contribution in [0.15, 0.2) is 46.8 Å². The molecule has 0 unspecified atom stereocenters. The van der Waals surface area contributed by atoms with Crippen LogP contribution in [-0.2, 0) is 16.6 Å². The summed E-state index contributed by atoms with van der Waals surface area (Å²) in [6.07, 6.45) is 3.65. The lowest BCUT2D eigenvalue weighted by atomic mass is 10.2. The van der Waals surface area contributed by atoms with Crippen molar-refractivity contribution in [2.75, 3.05) is 26.2 Å². The number of halogens is 1. The fourth-order valence-corrected chi connectivity index (χ4v) is 4.04. The van der Waals surface area contributed by atoms with Gasteiger partial charge in [-0.25, -0.2) is 13.4 Å². The van der Waals surface area contributed by atoms with Crippen molar-refractivity contribution in [2.45, 2.75) is 31.2 Å². The maximum absolute atomic E-state index is 12.5. The van der Waals surface area contributed by atoms with Crippen LogP contribution in [-0.4, -0.2) is 44.9 Å². The first kappa shape index (κ1) is 21.9. The Morgan fingerprint density at radius 1 is 1.24 bits per heavy atom. The molecule has 0 atom stereocenters. The van der Waals surface area contributed by atoms with Crippen molar-refractivity contribution in [1.29, 1.82) is 0 Å². The fraction of sp³-hybridized carbons (Fsp3) is 0.471. The Balaban J connectivity index is 0.00000312. The number of hydrogen-bond donors (Lipinski definition) is 2. The average molecular weight is 478 g/mol. The topological polar surface area (TPSA) is 73.8 Å². The van der Waals surface area contributed by atoms with Gasteiger partial charge in [0.2, 0.25) is 10.0 Å². The number of aliphatic imine (C=N–C) groups is 1. The zero-order chi connectivity index (χ0) is 17.4.